The summed E-state index contributed by atoms with van der Waals surface area (Å²) in [4.78, 5) is 27.2. The Labute approximate surface area is 299 Å². The number of esters is 1. The van der Waals surface area contributed by atoms with Gasteiger partial charge in [0.05, 0.1) is 12.8 Å². The molecule has 5 aliphatic carbocycles. The van der Waals surface area contributed by atoms with Gasteiger partial charge in [-0.1, -0.05) is 60.6 Å². The van der Waals surface area contributed by atoms with Crippen LogP contribution in [0.5, 0.6) is 0 Å². The highest BCUT2D eigenvalue weighted by atomic mass is 16.5. The Kier molecular flexibility index (Phi) is 10.1. The van der Waals surface area contributed by atoms with Crippen molar-refractivity contribution < 1.29 is 19.4 Å². The maximum absolute atomic E-state index is 13.2. The molecule has 6 nitrogen and oxygen atoms in total. The molecule has 6 aliphatic rings. The van der Waals surface area contributed by atoms with Crippen molar-refractivity contribution in [3.8, 4) is 0 Å². The van der Waals surface area contributed by atoms with E-state index in [1.807, 2.05) is 13.8 Å². The Balaban J connectivity index is 1.19. The van der Waals surface area contributed by atoms with Crippen LogP contribution in [0.3, 0.4) is 0 Å². The van der Waals surface area contributed by atoms with Crippen molar-refractivity contribution in [2.75, 3.05) is 26.3 Å². The van der Waals surface area contributed by atoms with Crippen LogP contribution in [-0.4, -0.2) is 54.4 Å². The van der Waals surface area contributed by atoms with E-state index in [-0.39, 0.29) is 35.7 Å². The number of ether oxygens (including phenoxy) is 1. The number of allylic oxidation sites excluding steroid dienone is 1. The largest absolute Gasteiger partial charge is 0.481 e. The number of carboxylic acids is 1. The number of carbonyl (C=O) groups excluding carboxylic acids is 1. The third-order valence-electron chi connectivity index (χ3n) is 17.0. The van der Waals surface area contributed by atoms with Crippen LogP contribution in [0.1, 0.15) is 152 Å². The molecule has 5 saturated carbocycles. The first-order chi connectivity index (χ1) is 22.9. The summed E-state index contributed by atoms with van der Waals surface area (Å²) < 4.78 is 6.30. The normalized spacial score (nSPS) is 43.2. The molecule has 6 heteroatoms. The van der Waals surface area contributed by atoms with Gasteiger partial charge in [0.2, 0.25) is 0 Å². The molecule has 1 aliphatic heterocycles. The number of nitrogens with zero attached hydrogens (tertiary/aromatic N) is 1. The maximum atomic E-state index is 13.2. The van der Waals surface area contributed by atoms with Crippen LogP contribution in [-0.2, 0) is 14.3 Å². The van der Waals surface area contributed by atoms with Gasteiger partial charge < -0.3 is 15.2 Å². The van der Waals surface area contributed by atoms with E-state index in [1.165, 1.54) is 89.3 Å². The van der Waals surface area contributed by atoms with Crippen molar-refractivity contribution in [3.63, 3.8) is 0 Å². The monoisotopic (exact) mass is 681 g/mol. The van der Waals surface area contributed by atoms with Crippen molar-refractivity contribution in [1.82, 2.24) is 10.2 Å². The van der Waals surface area contributed by atoms with Gasteiger partial charge in [-0.05, 0) is 167 Å². The molecule has 10 atom stereocenters. The maximum Gasteiger partial charge on any atom is 0.306 e. The summed E-state index contributed by atoms with van der Waals surface area (Å²) in [6.07, 6.45) is 16.7. The lowest BCUT2D eigenvalue weighted by Gasteiger charge is -2.73. The van der Waals surface area contributed by atoms with Crippen molar-refractivity contribution in [2.45, 2.75) is 158 Å². The van der Waals surface area contributed by atoms with Crippen LogP contribution < -0.4 is 5.32 Å². The van der Waals surface area contributed by atoms with E-state index >= 15 is 0 Å². The fourth-order valence-electron chi connectivity index (χ4n) is 14.5. The molecule has 278 valence electrons. The lowest BCUT2D eigenvalue weighted by Crippen LogP contribution is -2.66. The van der Waals surface area contributed by atoms with Crippen LogP contribution in [0.2, 0.25) is 0 Å². The Morgan fingerprint density at radius 3 is 2.27 bits per heavy atom. The number of rotatable bonds is 11. The summed E-state index contributed by atoms with van der Waals surface area (Å²) in [5.74, 6) is 2.29. The lowest BCUT2D eigenvalue weighted by atomic mass is 9.32. The van der Waals surface area contributed by atoms with Crippen LogP contribution in [0.25, 0.3) is 0 Å². The van der Waals surface area contributed by atoms with Crippen LogP contribution in [0, 0.1) is 62.1 Å². The predicted octanol–water partition coefficient (Wildman–Crippen LogP) is 9.48. The summed E-state index contributed by atoms with van der Waals surface area (Å²) in [7, 11) is 0. The van der Waals surface area contributed by atoms with E-state index in [0.29, 0.717) is 34.0 Å². The van der Waals surface area contributed by atoms with E-state index in [4.69, 9.17) is 4.74 Å². The molecule has 1 heterocycles. The van der Waals surface area contributed by atoms with Gasteiger partial charge in [0.25, 0.3) is 0 Å². The number of carbonyl (C=O) groups is 2. The number of nitrogens with one attached hydrogen (secondary N) is 1. The van der Waals surface area contributed by atoms with Crippen LogP contribution >= 0.6 is 0 Å². The number of fused-ring (bicyclic) bond motifs is 7. The summed E-state index contributed by atoms with van der Waals surface area (Å²) >= 11 is 0. The minimum Gasteiger partial charge on any atom is -0.481 e. The second-order valence-corrected chi connectivity index (χ2v) is 20.5. The molecule has 0 aromatic carbocycles. The van der Waals surface area contributed by atoms with Crippen molar-refractivity contribution >= 4 is 11.9 Å². The fourth-order valence-corrected chi connectivity index (χ4v) is 14.5. The number of hydrogen-bond acceptors (Lipinski definition) is 5. The standard InChI is InChI=1S/C43H72N2O4/c1-29(2)30-14-19-43(22-23-44-28-45-24-10-11-25-45)21-20-41(8)31(37(30)43)12-13-33-40(7)17-16-34(39(5,6)32(40)15-18-42(33,41)9)49-36(48)27-38(3,4)26-35(46)47/h30-34,37,44H,1,10-28H2,2-9H3,(H,46,47)/t30?,31-,32?,33?,34?,37?,40+,41-,42-,43-/m1/s1. The van der Waals surface area contributed by atoms with Crippen LogP contribution in [0.4, 0.5) is 0 Å². The summed E-state index contributed by atoms with van der Waals surface area (Å²) in [6, 6.07) is 0. The average Bonchev–Trinajstić information content (AvgIpc) is 3.65. The number of likely N-dealkylation sites (tertiary alicyclic amines) is 1. The summed E-state index contributed by atoms with van der Waals surface area (Å²) in [5.41, 5.74) is 2.05. The molecule has 0 radical (unpaired) electrons. The lowest BCUT2D eigenvalue weighted by molar-refractivity contribution is -0.250. The smallest absolute Gasteiger partial charge is 0.306 e. The van der Waals surface area contributed by atoms with E-state index < -0.39 is 11.4 Å². The highest BCUT2D eigenvalue weighted by Crippen LogP contribution is 2.78. The first-order valence-electron chi connectivity index (χ1n) is 20.4. The molecule has 0 spiro atoms. The molecule has 6 fully saturated rings. The van der Waals surface area contributed by atoms with Gasteiger partial charge in [0.1, 0.15) is 6.10 Å². The number of carboxylic acid groups (broad SMARTS) is 1. The van der Waals surface area contributed by atoms with Gasteiger partial charge in [-0.3, -0.25) is 14.5 Å². The topological polar surface area (TPSA) is 78.9 Å². The van der Waals surface area contributed by atoms with Crippen molar-refractivity contribution in [1.29, 1.82) is 0 Å². The highest BCUT2D eigenvalue weighted by molar-refractivity contribution is 5.73. The highest BCUT2D eigenvalue weighted by Gasteiger charge is 2.71. The molecule has 0 aromatic heterocycles. The number of aliphatic carboxylic acids is 1. The minimum absolute atomic E-state index is 0.0262. The first-order valence-corrected chi connectivity index (χ1v) is 20.4. The van der Waals surface area contributed by atoms with Gasteiger partial charge in [0.15, 0.2) is 0 Å². The van der Waals surface area contributed by atoms with Gasteiger partial charge in [-0.25, -0.2) is 0 Å². The molecule has 6 rings (SSSR count). The van der Waals surface area contributed by atoms with Gasteiger partial charge in [-0.2, -0.15) is 0 Å². The Morgan fingerprint density at radius 1 is 0.878 bits per heavy atom. The first kappa shape index (κ1) is 37.4. The number of hydrogen-bond donors (Lipinski definition) is 2. The molecule has 5 unspecified atom stereocenters. The minimum atomic E-state index is -0.864. The molecular weight excluding hydrogens is 608 g/mol. The Bertz CT molecular complexity index is 1270. The Hall–Kier alpha value is -1.40. The SMILES string of the molecule is C=C(C)C1CC[C@]2(CCNCN3CCCC3)CC[C@]3(C)[C@H](CCC4[C@@]5(C)CCC(OC(=O)CC(C)(C)CC(=O)O)C(C)(C)C5CC[C@]43C)C12. The zero-order valence-electron chi connectivity index (χ0n) is 32.7. The van der Waals surface area contributed by atoms with E-state index in [0.717, 1.165) is 37.9 Å². The molecule has 49 heavy (non-hydrogen) atoms. The van der Waals surface area contributed by atoms with Gasteiger partial charge in [-0.15, -0.1) is 0 Å². The molecule has 0 amide bonds. The molecule has 0 aromatic rings. The van der Waals surface area contributed by atoms with Gasteiger partial charge >= 0.3 is 11.9 Å². The molecule has 0 bridgehead atoms. The predicted molar refractivity (Wildman–Crippen MR) is 198 cm³/mol. The third-order valence-corrected chi connectivity index (χ3v) is 17.0. The average molecular weight is 681 g/mol. The quantitative estimate of drug-likeness (QED) is 0.129. The molecule has 1 saturated heterocycles. The van der Waals surface area contributed by atoms with Crippen molar-refractivity contribution in [2.24, 2.45) is 62.1 Å². The van der Waals surface area contributed by atoms with Gasteiger partial charge in [0, 0.05) is 12.1 Å². The second kappa shape index (κ2) is 13.2. The van der Waals surface area contributed by atoms with E-state index in [1.54, 1.807) is 0 Å². The summed E-state index contributed by atoms with van der Waals surface area (Å²) in [6.45, 7) is 28.2. The zero-order valence-corrected chi connectivity index (χ0v) is 32.7. The third kappa shape index (κ3) is 6.37. The second-order valence-electron chi connectivity index (χ2n) is 20.5. The van der Waals surface area contributed by atoms with Crippen molar-refractivity contribution in [3.05, 3.63) is 12.2 Å². The van der Waals surface area contributed by atoms with E-state index in [2.05, 4.69) is 58.3 Å². The fraction of sp³-hybridized carbons (Fsp3) is 0.907. The van der Waals surface area contributed by atoms with E-state index in [9.17, 15) is 14.7 Å². The Morgan fingerprint density at radius 2 is 1.59 bits per heavy atom. The molecule has 2 N–H and O–H groups in total. The molecular formula is C43H72N2O4. The van der Waals surface area contributed by atoms with Crippen LogP contribution in [0.15, 0.2) is 12.2 Å². The summed E-state index contributed by atoms with van der Waals surface area (Å²) in [5, 5.41) is 13.2. The zero-order chi connectivity index (χ0) is 35.6.